The number of aryl methyl sites for hydroxylation is 1. The van der Waals surface area contributed by atoms with E-state index >= 15 is 0 Å². The number of hydrogen-bond acceptors (Lipinski definition) is 5. The number of nitrogens with zero attached hydrogens (tertiary/aromatic N) is 3. The Morgan fingerprint density at radius 2 is 1.94 bits per heavy atom. The van der Waals surface area contributed by atoms with Crippen molar-refractivity contribution in [1.82, 2.24) is 20.1 Å². The highest BCUT2D eigenvalue weighted by Gasteiger charge is 2.24. The van der Waals surface area contributed by atoms with Crippen LogP contribution in [-0.2, 0) is 13.7 Å². The van der Waals surface area contributed by atoms with Crippen molar-refractivity contribution in [1.29, 1.82) is 0 Å². The van der Waals surface area contributed by atoms with E-state index in [1.54, 1.807) is 6.07 Å². The van der Waals surface area contributed by atoms with Crippen LogP contribution < -0.4 is 20.5 Å². The molecule has 32 heavy (non-hydrogen) atoms. The molecule has 1 fully saturated rings. The molecule has 0 radical (unpaired) electrons. The lowest BCUT2D eigenvalue weighted by Crippen LogP contribution is -2.50. The zero-order valence-electron chi connectivity index (χ0n) is 18.3. The third kappa shape index (κ3) is 3.76. The summed E-state index contributed by atoms with van der Waals surface area (Å²) in [7, 11) is 1.97. The van der Waals surface area contributed by atoms with E-state index in [1.807, 2.05) is 42.1 Å². The van der Waals surface area contributed by atoms with Crippen molar-refractivity contribution in [2.45, 2.75) is 19.6 Å². The minimum Gasteiger partial charge on any atom is -0.474 e. The second-order valence-electron chi connectivity index (χ2n) is 8.23. The van der Waals surface area contributed by atoms with E-state index in [2.05, 4.69) is 40.3 Å². The highest BCUT2D eigenvalue weighted by Crippen LogP contribution is 2.37. The molecule has 0 amide bonds. The predicted molar refractivity (Wildman–Crippen MR) is 127 cm³/mol. The molecule has 5 rings (SSSR count). The number of hydrogen-bond donors (Lipinski definition) is 2. The molecule has 7 nitrogen and oxygen atoms in total. The number of fused-ring (bicyclic) bond motifs is 1. The molecule has 2 N–H and O–H groups in total. The van der Waals surface area contributed by atoms with Gasteiger partial charge in [-0.1, -0.05) is 42.5 Å². The second-order valence-corrected chi connectivity index (χ2v) is 8.23. The molecule has 164 valence electrons. The Kier molecular flexibility index (Phi) is 5.41. The molecule has 3 heterocycles. The van der Waals surface area contributed by atoms with Crippen molar-refractivity contribution in [3.05, 3.63) is 76.6 Å². The monoisotopic (exact) mass is 429 g/mol. The van der Waals surface area contributed by atoms with E-state index in [0.717, 1.165) is 47.4 Å². The minimum atomic E-state index is -0.202. The van der Waals surface area contributed by atoms with Gasteiger partial charge in [0.05, 0.1) is 16.8 Å². The van der Waals surface area contributed by atoms with E-state index in [-0.39, 0.29) is 5.56 Å². The van der Waals surface area contributed by atoms with Crippen molar-refractivity contribution in [2.24, 2.45) is 7.05 Å². The second kappa shape index (κ2) is 8.51. The largest absolute Gasteiger partial charge is 0.474 e. The first-order valence-electron chi connectivity index (χ1n) is 11.0. The van der Waals surface area contributed by atoms with Gasteiger partial charge in [-0.25, -0.2) is 0 Å². The topological polar surface area (TPSA) is 75.2 Å². The number of pyridine rings is 1. The van der Waals surface area contributed by atoms with Crippen LogP contribution in [0.5, 0.6) is 5.88 Å². The summed E-state index contributed by atoms with van der Waals surface area (Å²) in [5.41, 5.74) is 4.66. The van der Waals surface area contributed by atoms with Crippen molar-refractivity contribution in [2.75, 3.05) is 24.5 Å². The number of piperazine rings is 1. The van der Waals surface area contributed by atoms with Crippen LogP contribution in [0.1, 0.15) is 12.5 Å². The number of anilines is 1. The van der Waals surface area contributed by atoms with Gasteiger partial charge in [0.25, 0.3) is 5.56 Å². The molecule has 0 unspecified atom stereocenters. The Morgan fingerprint density at radius 1 is 1.09 bits per heavy atom. The summed E-state index contributed by atoms with van der Waals surface area (Å²) in [4.78, 5) is 17.4. The number of benzene rings is 2. The zero-order chi connectivity index (χ0) is 22.1. The summed E-state index contributed by atoms with van der Waals surface area (Å²) >= 11 is 0. The molecule has 2 aromatic carbocycles. The fourth-order valence-electron chi connectivity index (χ4n) is 4.43. The zero-order valence-corrected chi connectivity index (χ0v) is 18.3. The summed E-state index contributed by atoms with van der Waals surface area (Å²) in [5, 5.41) is 9.35. The maximum absolute atomic E-state index is 12.1. The molecule has 1 atom stereocenters. The van der Waals surface area contributed by atoms with E-state index in [4.69, 9.17) is 9.84 Å². The molecule has 0 bridgehead atoms. The number of nitrogens with one attached hydrogen (secondary N) is 2. The highest BCUT2D eigenvalue weighted by atomic mass is 16.5. The molecule has 1 aliphatic rings. The lowest BCUT2D eigenvalue weighted by atomic mass is 10.1. The highest BCUT2D eigenvalue weighted by molar-refractivity contribution is 6.01. The maximum atomic E-state index is 12.1. The number of ether oxygens (including phenoxy) is 1. The Balaban J connectivity index is 1.58. The summed E-state index contributed by atoms with van der Waals surface area (Å²) in [6.07, 6.45) is 0. The van der Waals surface area contributed by atoms with Gasteiger partial charge in [-0.2, -0.15) is 5.10 Å². The third-order valence-electron chi connectivity index (χ3n) is 6.02. The molecular weight excluding hydrogens is 402 g/mol. The third-order valence-corrected chi connectivity index (χ3v) is 6.02. The van der Waals surface area contributed by atoms with Crippen LogP contribution in [0.4, 0.5) is 5.69 Å². The first kappa shape index (κ1) is 20.3. The molecule has 1 saturated heterocycles. The van der Waals surface area contributed by atoms with Gasteiger partial charge in [-0.05, 0) is 24.6 Å². The Bertz CT molecular complexity index is 1290. The van der Waals surface area contributed by atoms with E-state index in [0.29, 0.717) is 18.5 Å². The molecule has 2 aromatic heterocycles. The van der Waals surface area contributed by atoms with Gasteiger partial charge in [0.2, 0.25) is 5.88 Å². The average Bonchev–Trinajstić information content (AvgIpc) is 3.15. The van der Waals surface area contributed by atoms with Gasteiger partial charge in [-0.15, -0.1) is 0 Å². The number of H-pyrrole nitrogens is 1. The van der Waals surface area contributed by atoms with Gasteiger partial charge in [0.1, 0.15) is 12.3 Å². The van der Waals surface area contributed by atoms with Crippen LogP contribution in [0, 0.1) is 0 Å². The fraction of sp³-hybridized carbons (Fsp3) is 0.280. The summed E-state index contributed by atoms with van der Waals surface area (Å²) in [6, 6.07) is 19.9. The molecule has 0 spiro atoms. The van der Waals surface area contributed by atoms with Crippen molar-refractivity contribution < 1.29 is 4.74 Å². The summed E-state index contributed by atoms with van der Waals surface area (Å²) in [5.74, 6) is 0.433. The lowest BCUT2D eigenvalue weighted by molar-refractivity contribution is 0.294. The van der Waals surface area contributed by atoms with Gasteiger partial charge < -0.3 is 15.0 Å². The first-order chi connectivity index (χ1) is 15.6. The average molecular weight is 430 g/mol. The van der Waals surface area contributed by atoms with Crippen LogP contribution in [0.15, 0.2) is 65.5 Å². The van der Waals surface area contributed by atoms with Crippen molar-refractivity contribution in [3.8, 4) is 17.1 Å². The van der Waals surface area contributed by atoms with Gasteiger partial charge in [0.15, 0.2) is 0 Å². The number of para-hydroxylation sites is 1. The van der Waals surface area contributed by atoms with Crippen molar-refractivity contribution >= 4 is 16.6 Å². The van der Waals surface area contributed by atoms with E-state index in [9.17, 15) is 4.79 Å². The van der Waals surface area contributed by atoms with Crippen molar-refractivity contribution in [3.63, 3.8) is 0 Å². The maximum Gasteiger partial charge on any atom is 0.250 e. The quantitative estimate of drug-likeness (QED) is 0.509. The number of rotatable bonds is 5. The fourth-order valence-corrected chi connectivity index (χ4v) is 4.43. The van der Waals surface area contributed by atoms with Gasteiger partial charge >= 0.3 is 0 Å². The lowest BCUT2D eigenvalue weighted by Gasteiger charge is -2.36. The van der Waals surface area contributed by atoms with Gasteiger partial charge in [0, 0.05) is 44.2 Å². The predicted octanol–water partition coefficient (Wildman–Crippen LogP) is 3.31. The van der Waals surface area contributed by atoms with Crippen LogP contribution in [0.25, 0.3) is 22.2 Å². The molecule has 7 heteroatoms. The Hall–Kier alpha value is -3.58. The normalized spacial score (nSPS) is 16.4. The summed E-state index contributed by atoms with van der Waals surface area (Å²) in [6.45, 7) is 5.47. The minimum absolute atomic E-state index is 0.202. The smallest absolute Gasteiger partial charge is 0.250 e. The van der Waals surface area contributed by atoms with Crippen LogP contribution >= 0.6 is 0 Å². The van der Waals surface area contributed by atoms with E-state index in [1.165, 1.54) is 11.8 Å². The van der Waals surface area contributed by atoms with Crippen LogP contribution in [0.3, 0.4) is 0 Å². The standard InChI is InChI=1S/C25H27N5O2/c1-17-15-26-13-14-30(17)21-10-6-9-19-23(28-29(2)24(19)21)20-11-12-22(31)27-25(20)32-16-18-7-4-3-5-8-18/h3-12,17,26H,13-16H2,1-2H3,(H,27,31)/t17-/m0/s1. The van der Waals surface area contributed by atoms with Gasteiger partial charge in [-0.3, -0.25) is 14.5 Å². The number of aromatic amines is 1. The van der Waals surface area contributed by atoms with Crippen LogP contribution in [0.2, 0.25) is 0 Å². The van der Waals surface area contributed by atoms with E-state index < -0.39 is 0 Å². The molecule has 4 aromatic rings. The Morgan fingerprint density at radius 3 is 2.75 bits per heavy atom. The number of aromatic nitrogens is 3. The summed E-state index contributed by atoms with van der Waals surface area (Å²) < 4.78 is 7.99. The van der Waals surface area contributed by atoms with Crippen LogP contribution in [-0.4, -0.2) is 40.4 Å². The first-order valence-corrected chi connectivity index (χ1v) is 11.0. The molecule has 0 saturated carbocycles. The SMILES string of the molecule is C[C@H]1CNCCN1c1cccc2c(-c3ccc(=O)[nH]c3OCc3ccccc3)nn(C)c12. The molecular formula is C25H27N5O2. The molecule has 0 aliphatic carbocycles. The molecule has 1 aliphatic heterocycles. The Labute approximate surface area is 186 Å².